The van der Waals surface area contributed by atoms with E-state index in [-0.39, 0.29) is 12.5 Å². The van der Waals surface area contributed by atoms with Crippen LogP contribution in [0.3, 0.4) is 0 Å². The van der Waals surface area contributed by atoms with E-state index in [1.54, 1.807) is 11.3 Å². The van der Waals surface area contributed by atoms with Crippen LogP contribution in [0.5, 0.6) is 0 Å². The first-order chi connectivity index (χ1) is 8.13. The zero-order valence-electron chi connectivity index (χ0n) is 10.3. The molecule has 1 atom stereocenters. The summed E-state index contributed by atoms with van der Waals surface area (Å²) in [5.41, 5.74) is 0. The Morgan fingerprint density at radius 2 is 2.41 bits per heavy atom. The van der Waals surface area contributed by atoms with Gasteiger partial charge in [0.2, 0.25) is 5.91 Å². The first-order valence-electron chi connectivity index (χ1n) is 5.73. The van der Waals surface area contributed by atoms with Crippen LogP contribution in [-0.2, 0) is 11.2 Å². The number of hydrogen-bond donors (Lipinski definition) is 2. The molecule has 0 aromatic carbocycles. The van der Waals surface area contributed by atoms with Gasteiger partial charge in [-0.25, -0.2) is 0 Å². The van der Waals surface area contributed by atoms with Gasteiger partial charge < -0.3 is 10.4 Å². The molecule has 2 N–H and O–H groups in total. The number of likely N-dealkylation sites (N-methyl/N-ethyl adjacent to an activating group) is 1. The summed E-state index contributed by atoms with van der Waals surface area (Å²) in [5.74, 6) is -0.0421. The van der Waals surface area contributed by atoms with Crippen LogP contribution in [0.4, 0.5) is 0 Å². The summed E-state index contributed by atoms with van der Waals surface area (Å²) in [7, 11) is 1.94. The maximum absolute atomic E-state index is 11.5. The minimum atomic E-state index is -0.0421. The minimum absolute atomic E-state index is 0.0137. The molecule has 1 rings (SSSR count). The standard InChI is InChI=1S/C12H20N2O2S/c1-10(8-11-4-3-7-17-11)14(2)9-12(16)13-5-6-15/h3-4,7,10,15H,5-6,8-9H2,1-2H3,(H,13,16). The number of carbonyl (C=O) groups is 1. The molecule has 17 heavy (non-hydrogen) atoms. The molecule has 0 saturated heterocycles. The Balaban J connectivity index is 2.31. The minimum Gasteiger partial charge on any atom is -0.395 e. The average Bonchev–Trinajstić information content (AvgIpc) is 2.78. The van der Waals surface area contributed by atoms with Crippen molar-refractivity contribution in [3.63, 3.8) is 0 Å². The van der Waals surface area contributed by atoms with E-state index in [2.05, 4.69) is 23.7 Å². The van der Waals surface area contributed by atoms with Gasteiger partial charge in [0, 0.05) is 17.5 Å². The summed E-state index contributed by atoms with van der Waals surface area (Å²) in [6, 6.07) is 4.48. The van der Waals surface area contributed by atoms with Crippen LogP contribution in [0.2, 0.25) is 0 Å². The molecular weight excluding hydrogens is 236 g/mol. The lowest BCUT2D eigenvalue weighted by Crippen LogP contribution is -2.40. The Morgan fingerprint density at radius 1 is 1.65 bits per heavy atom. The van der Waals surface area contributed by atoms with Crippen LogP contribution in [-0.4, -0.2) is 48.7 Å². The molecule has 1 heterocycles. The lowest BCUT2D eigenvalue weighted by molar-refractivity contribution is -0.122. The summed E-state index contributed by atoms with van der Waals surface area (Å²) in [6.45, 7) is 2.79. The number of carbonyl (C=O) groups excluding carboxylic acids is 1. The number of aliphatic hydroxyl groups excluding tert-OH is 1. The van der Waals surface area contributed by atoms with E-state index in [4.69, 9.17) is 5.11 Å². The highest BCUT2D eigenvalue weighted by Crippen LogP contribution is 2.13. The average molecular weight is 256 g/mol. The Bertz CT molecular complexity index is 327. The number of nitrogens with zero attached hydrogens (tertiary/aromatic N) is 1. The van der Waals surface area contributed by atoms with Crippen molar-refractivity contribution < 1.29 is 9.90 Å². The van der Waals surface area contributed by atoms with Crippen molar-refractivity contribution >= 4 is 17.2 Å². The van der Waals surface area contributed by atoms with Crippen molar-refractivity contribution in [3.8, 4) is 0 Å². The smallest absolute Gasteiger partial charge is 0.234 e. The first-order valence-corrected chi connectivity index (χ1v) is 6.61. The van der Waals surface area contributed by atoms with Crippen molar-refractivity contribution in [3.05, 3.63) is 22.4 Å². The van der Waals surface area contributed by atoms with Crippen molar-refractivity contribution in [1.29, 1.82) is 0 Å². The molecule has 4 nitrogen and oxygen atoms in total. The zero-order valence-corrected chi connectivity index (χ0v) is 11.2. The molecule has 96 valence electrons. The fourth-order valence-corrected chi connectivity index (χ4v) is 2.34. The van der Waals surface area contributed by atoms with Gasteiger partial charge >= 0.3 is 0 Å². The van der Waals surface area contributed by atoms with Gasteiger partial charge in [-0.05, 0) is 31.8 Å². The molecule has 0 spiro atoms. The predicted molar refractivity (Wildman–Crippen MR) is 70.2 cm³/mol. The second-order valence-corrected chi connectivity index (χ2v) is 5.15. The summed E-state index contributed by atoms with van der Waals surface area (Å²) >= 11 is 1.74. The van der Waals surface area contributed by atoms with Crippen LogP contribution in [0, 0.1) is 0 Å². The van der Waals surface area contributed by atoms with E-state index in [1.807, 2.05) is 18.0 Å². The second-order valence-electron chi connectivity index (χ2n) is 4.12. The number of rotatable bonds is 7. The van der Waals surface area contributed by atoms with E-state index in [1.165, 1.54) is 4.88 Å². The van der Waals surface area contributed by atoms with Crippen molar-refractivity contribution in [1.82, 2.24) is 10.2 Å². The van der Waals surface area contributed by atoms with Gasteiger partial charge in [-0.1, -0.05) is 6.07 Å². The van der Waals surface area contributed by atoms with Crippen LogP contribution in [0.15, 0.2) is 17.5 Å². The predicted octanol–water partition coefficient (Wildman–Crippen LogP) is 0.719. The molecule has 1 aromatic heterocycles. The SMILES string of the molecule is CC(Cc1cccs1)N(C)CC(=O)NCCO. The van der Waals surface area contributed by atoms with Gasteiger partial charge in [0.15, 0.2) is 0 Å². The third kappa shape index (κ3) is 5.30. The summed E-state index contributed by atoms with van der Waals surface area (Å²) in [5, 5.41) is 13.3. The summed E-state index contributed by atoms with van der Waals surface area (Å²) in [6.07, 6.45) is 0.960. The van der Waals surface area contributed by atoms with E-state index < -0.39 is 0 Å². The van der Waals surface area contributed by atoms with E-state index >= 15 is 0 Å². The molecule has 5 heteroatoms. The van der Waals surface area contributed by atoms with Crippen LogP contribution < -0.4 is 5.32 Å². The largest absolute Gasteiger partial charge is 0.395 e. The Morgan fingerprint density at radius 3 is 3.00 bits per heavy atom. The summed E-state index contributed by atoms with van der Waals surface area (Å²) in [4.78, 5) is 14.8. The quantitative estimate of drug-likeness (QED) is 0.756. The zero-order chi connectivity index (χ0) is 12.7. The third-order valence-corrected chi connectivity index (χ3v) is 3.55. The van der Waals surface area contributed by atoms with Gasteiger partial charge in [0.05, 0.1) is 13.2 Å². The van der Waals surface area contributed by atoms with Gasteiger partial charge in [0.1, 0.15) is 0 Å². The molecule has 0 fully saturated rings. The normalized spacial score (nSPS) is 12.7. The monoisotopic (exact) mass is 256 g/mol. The summed E-state index contributed by atoms with van der Waals surface area (Å²) < 4.78 is 0. The molecule has 0 aliphatic heterocycles. The number of nitrogens with one attached hydrogen (secondary N) is 1. The van der Waals surface area contributed by atoms with Gasteiger partial charge in [-0.2, -0.15) is 0 Å². The third-order valence-electron chi connectivity index (χ3n) is 2.66. The van der Waals surface area contributed by atoms with E-state index in [0.29, 0.717) is 19.1 Å². The highest BCUT2D eigenvalue weighted by molar-refractivity contribution is 7.09. The van der Waals surface area contributed by atoms with Gasteiger partial charge in [-0.3, -0.25) is 9.69 Å². The first kappa shape index (κ1) is 14.2. The Labute approximate surface area is 106 Å². The van der Waals surface area contributed by atoms with Crippen LogP contribution >= 0.6 is 11.3 Å². The Hall–Kier alpha value is -0.910. The van der Waals surface area contributed by atoms with E-state index in [9.17, 15) is 4.79 Å². The highest BCUT2D eigenvalue weighted by atomic mass is 32.1. The fourth-order valence-electron chi connectivity index (χ4n) is 1.51. The molecule has 0 radical (unpaired) electrons. The van der Waals surface area contributed by atoms with E-state index in [0.717, 1.165) is 6.42 Å². The number of aliphatic hydroxyl groups is 1. The molecule has 0 bridgehead atoms. The molecule has 0 saturated carbocycles. The molecule has 1 aromatic rings. The topological polar surface area (TPSA) is 52.6 Å². The molecule has 0 aliphatic rings. The lowest BCUT2D eigenvalue weighted by Gasteiger charge is -2.23. The second kappa shape index (κ2) is 7.42. The molecule has 0 aliphatic carbocycles. The number of thiophene rings is 1. The van der Waals surface area contributed by atoms with Crippen LogP contribution in [0.25, 0.3) is 0 Å². The maximum atomic E-state index is 11.5. The molecular formula is C12H20N2O2S. The maximum Gasteiger partial charge on any atom is 0.234 e. The number of amides is 1. The Kier molecular flexibility index (Phi) is 6.18. The van der Waals surface area contributed by atoms with Gasteiger partial charge in [-0.15, -0.1) is 11.3 Å². The number of hydrogen-bond acceptors (Lipinski definition) is 4. The van der Waals surface area contributed by atoms with Crippen molar-refractivity contribution in [2.45, 2.75) is 19.4 Å². The molecule has 1 amide bonds. The van der Waals surface area contributed by atoms with Crippen LogP contribution in [0.1, 0.15) is 11.8 Å². The van der Waals surface area contributed by atoms with Crippen molar-refractivity contribution in [2.75, 3.05) is 26.7 Å². The van der Waals surface area contributed by atoms with Crippen molar-refractivity contribution in [2.24, 2.45) is 0 Å². The fraction of sp³-hybridized carbons (Fsp3) is 0.583. The molecule has 1 unspecified atom stereocenters. The van der Waals surface area contributed by atoms with Gasteiger partial charge in [0.25, 0.3) is 0 Å². The lowest BCUT2D eigenvalue weighted by atomic mass is 10.2. The highest BCUT2D eigenvalue weighted by Gasteiger charge is 2.13.